The molecule has 23 heavy (non-hydrogen) atoms. The highest BCUT2D eigenvalue weighted by Gasteiger charge is 2.10. The second-order valence-corrected chi connectivity index (χ2v) is 7.97. The largest absolute Gasteiger partial charge is 0.330 e. The minimum atomic E-state index is -0.185. The fraction of sp³-hybridized carbons (Fsp3) is 0.0556. The molecule has 116 valence electrons. The molecule has 0 saturated carbocycles. The van der Waals surface area contributed by atoms with Crippen molar-refractivity contribution in [3.05, 3.63) is 69.2 Å². The number of carbonyl (C=O) groups excluding carboxylic acids is 1. The van der Waals surface area contributed by atoms with Gasteiger partial charge in [-0.2, -0.15) is 0 Å². The number of anilines is 1. The third kappa shape index (κ3) is 3.57. The number of hydrogen-bond donors (Lipinski definition) is 1. The Morgan fingerprint density at radius 1 is 1.13 bits per heavy atom. The van der Waals surface area contributed by atoms with Crippen molar-refractivity contribution in [3.8, 4) is 0 Å². The molecule has 3 nitrogen and oxygen atoms in total. The smallest absolute Gasteiger partial charge is 0.307 e. The molecule has 0 unspecified atom stereocenters. The standard InChI is InChI=1S/C18H14Br2N2O/c1-12-6-7-16-14(10-12)8-9-22(16)18(23)21-15-5-3-2-4-13(15)11-17(19)20/h2-11H,1H3,(H,21,23). The number of nitrogens with zero attached hydrogens (tertiary/aromatic N) is 1. The van der Waals surface area contributed by atoms with Crippen LogP contribution in [0.1, 0.15) is 11.1 Å². The van der Waals surface area contributed by atoms with Crippen molar-refractivity contribution in [2.45, 2.75) is 6.92 Å². The van der Waals surface area contributed by atoms with Gasteiger partial charge in [-0.05, 0) is 74.7 Å². The number of aromatic nitrogens is 1. The monoisotopic (exact) mass is 432 g/mol. The summed E-state index contributed by atoms with van der Waals surface area (Å²) in [6.45, 7) is 2.04. The molecule has 0 atom stereocenters. The average Bonchev–Trinajstić information content (AvgIpc) is 2.91. The lowest BCUT2D eigenvalue weighted by molar-refractivity contribution is 0.254. The molecule has 2 aromatic carbocycles. The van der Waals surface area contributed by atoms with Gasteiger partial charge in [0.25, 0.3) is 0 Å². The lowest BCUT2D eigenvalue weighted by Crippen LogP contribution is -2.18. The number of rotatable bonds is 2. The maximum absolute atomic E-state index is 12.6. The van der Waals surface area contributed by atoms with Crippen molar-refractivity contribution in [1.29, 1.82) is 0 Å². The van der Waals surface area contributed by atoms with E-state index in [4.69, 9.17) is 0 Å². The van der Waals surface area contributed by atoms with Crippen molar-refractivity contribution in [2.24, 2.45) is 0 Å². The van der Waals surface area contributed by atoms with Gasteiger partial charge in [-0.1, -0.05) is 29.8 Å². The number of para-hydroxylation sites is 1. The molecule has 3 aromatic rings. The minimum Gasteiger partial charge on any atom is -0.307 e. The molecule has 0 aliphatic carbocycles. The molecule has 0 aliphatic rings. The van der Waals surface area contributed by atoms with Gasteiger partial charge in [-0.3, -0.25) is 4.57 Å². The van der Waals surface area contributed by atoms with Gasteiger partial charge in [0.2, 0.25) is 0 Å². The molecule has 1 heterocycles. The molecular weight excluding hydrogens is 420 g/mol. The summed E-state index contributed by atoms with van der Waals surface area (Å²) in [7, 11) is 0. The molecule has 0 radical (unpaired) electrons. The van der Waals surface area contributed by atoms with Gasteiger partial charge < -0.3 is 5.32 Å². The predicted octanol–water partition coefficient (Wildman–Crippen LogP) is 6.12. The quantitative estimate of drug-likeness (QED) is 0.519. The van der Waals surface area contributed by atoms with Crippen LogP contribution in [-0.2, 0) is 0 Å². The van der Waals surface area contributed by atoms with Crippen molar-refractivity contribution in [2.75, 3.05) is 5.32 Å². The third-order valence-electron chi connectivity index (χ3n) is 3.53. The summed E-state index contributed by atoms with van der Waals surface area (Å²) in [4.78, 5) is 12.6. The van der Waals surface area contributed by atoms with Crippen LogP contribution in [0.5, 0.6) is 0 Å². The Bertz CT molecular complexity index is 908. The average molecular weight is 434 g/mol. The van der Waals surface area contributed by atoms with E-state index in [9.17, 15) is 4.79 Å². The molecule has 1 amide bonds. The Balaban J connectivity index is 1.94. The lowest BCUT2D eigenvalue weighted by Gasteiger charge is -2.10. The Morgan fingerprint density at radius 2 is 1.91 bits per heavy atom. The number of aryl methyl sites for hydroxylation is 1. The SMILES string of the molecule is Cc1ccc2c(ccn2C(=O)Nc2ccccc2C=C(Br)Br)c1. The van der Waals surface area contributed by atoms with Crippen LogP contribution in [0, 0.1) is 6.92 Å². The molecular formula is C18H14Br2N2O. The second-order valence-electron chi connectivity index (χ2n) is 5.20. The van der Waals surface area contributed by atoms with Crippen LogP contribution in [-0.4, -0.2) is 10.6 Å². The molecule has 3 rings (SSSR count). The maximum atomic E-state index is 12.6. The predicted molar refractivity (Wildman–Crippen MR) is 103 cm³/mol. The van der Waals surface area contributed by atoms with E-state index in [0.29, 0.717) is 0 Å². The molecule has 0 fully saturated rings. The first-order valence-corrected chi connectivity index (χ1v) is 8.64. The summed E-state index contributed by atoms with van der Waals surface area (Å²) in [6, 6.07) is 15.4. The van der Waals surface area contributed by atoms with E-state index < -0.39 is 0 Å². The van der Waals surface area contributed by atoms with Crippen LogP contribution in [0.4, 0.5) is 10.5 Å². The Kier molecular flexibility index (Phi) is 4.68. The van der Waals surface area contributed by atoms with E-state index in [0.717, 1.165) is 25.5 Å². The number of nitrogens with one attached hydrogen (secondary N) is 1. The molecule has 1 N–H and O–H groups in total. The number of benzene rings is 2. The van der Waals surface area contributed by atoms with Gasteiger partial charge in [0.15, 0.2) is 0 Å². The van der Waals surface area contributed by atoms with Crippen molar-refractivity contribution in [1.82, 2.24) is 4.57 Å². The maximum Gasteiger partial charge on any atom is 0.330 e. The highest BCUT2D eigenvalue weighted by Crippen LogP contribution is 2.24. The topological polar surface area (TPSA) is 34.0 Å². The molecule has 0 spiro atoms. The van der Waals surface area contributed by atoms with E-state index in [-0.39, 0.29) is 6.03 Å². The molecule has 0 saturated heterocycles. The van der Waals surface area contributed by atoms with Gasteiger partial charge >= 0.3 is 6.03 Å². The summed E-state index contributed by atoms with van der Waals surface area (Å²) in [5, 5.41) is 4.02. The first kappa shape index (κ1) is 16.0. The number of hydrogen-bond acceptors (Lipinski definition) is 1. The van der Waals surface area contributed by atoms with Crippen molar-refractivity contribution in [3.63, 3.8) is 0 Å². The number of fused-ring (bicyclic) bond motifs is 1. The van der Waals surface area contributed by atoms with Crippen LogP contribution in [0.3, 0.4) is 0 Å². The van der Waals surface area contributed by atoms with Gasteiger partial charge in [0, 0.05) is 17.3 Å². The number of carbonyl (C=O) groups is 1. The normalized spacial score (nSPS) is 10.6. The van der Waals surface area contributed by atoms with E-state index in [2.05, 4.69) is 43.2 Å². The number of halogens is 2. The van der Waals surface area contributed by atoms with Crippen molar-refractivity contribution < 1.29 is 4.79 Å². The zero-order valence-electron chi connectivity index (χ0n) is 12.4. The molecule has 5 heteroatoms. The fourth-order valence-electron chi connectivity index (χ4n) is 2.47. The van der Waals surface area contributed by atoms with Crippen LogP contribution >= 0.6 is 31.9 Å². The first-order chi connectivity index (χ1) is 11.0. The zero-order valence-corrected chi connectivity index (χ0v) is 15.6. The molecule has 0 aliphatic heterocycles. The summed E-state index contributed by atoms with van der Waals surface area (Å²) < 4.78 is 2.44. The highest BCUT2D eigenvalue weighted by molar-refractivity contribution is 9.28. The van der Waals surface area contributed by atoms with Crippen LogP contribution in [0.15, 0.2) is 58.1 Å². The highest BCUT2D eigenvalue weighted by atomic mass is 79.9. The van der Waals surface area contributed by atoms with E-state index in [1.54, 1.807) is 10.8 Å². The summed E-state index contributed by atoms with van der Waals surface area (Å²) in [6.07, 6.45) is 3.69. The van der Waals surface area contributed by atoms with Gasteiger partial charge in [0.05, 0.1) is 8.91 Å². The van der Waals surface area contributed by atoms with Gasteiger partial charge in [0.1, 0.15) is 0 Å². The van der Waals surface area contributed by atoms with E-state index in [1.807, 2.05) is 55.5 Å². The van der Waals surface area contributed by atoms with E-state index >= 15 is 0 Å². The second kappa shape index (κ2) is 6.72. The Hall–Kier alpha value is -1.85. The summed E-state index contributed by atoms with van der Waals surface area (Å²) >= 11 is 6.70. The van der Waals surface area contributed by atoms with Gasteiger partial charge in [-0.25, -0.2) is 4.79 Å². The first-order valence-electron chi connectivity index (χ1n) is 7.05. The number of amides is 1. The fourth-order valence-corrected chi connectivity index (χ4v) is 2.96. The summed E-state index contributed by atoms with van der Waals surface area (Å²) in [5.74, 6) is 0. The summed E-state index contributed by atoms with van der Waals surface area (Å²) in [5.41, 5.74) is 3.73. The lowest BCUT2D eigenvalue weighted by atomic mass is 10.2. The van der Waals surface area contributed by atoms with Crippen LogP contribution in [0.25, 0.3) is 17.0 Å². The molecule has 1 aromatic heterocycles. The van der Waals surface area contributed by atoms with Gasteiger partial charge in [-0.15, -0.1) is 0 Å². The van der Waals surface area contributed by atoms with Crippen LogP contribution < -0.4 is 5.32 Å². The molecule has 0 bridgehead atoms. The Labute approximate surface area is 151 Å². The minimum absolute atomic E-state index is 0.185. The van der Waals surface area contributed by atoms with E-state index in [1.165, 1.54) is 5.56 Å². The zero-order chi connectivity index (χ0) is 16.4. The Morgan fingerprint density at radius 3 is 2.70 bits per heavy atom. The van der Waals surface area contributed by atoms with Crippen LogP contribution in [0.2, 0.25) is 0 Å². The third-order valence-corrected chi connectivity index (χ3v) is 3.99. The van der Waals surface area contributed by atoms with Crippen molar-refractivity contribution >= 4 is 60.6 Å².